The van der Waals surface area contributed by atoms with Crippen LogP contribution in [0.3, 0.4) is 0 Å². The monoisotopic (exact) mass is 392 g/mol. The molecule has 4 nitrogen and oxygen atoms in total. The first-order chi connectivity index (χ1) is 13.9. The third kappa shape index (κ3) is 3.84. The van der Waals surface area contributed by atoms with E-state index in [4.69, 9.17) is 0 Å². The van der Waals surface area contributed by atoms with Crippen LogP contribution in [0, 0.1) is 23.7 Å². The van der Waals surface area contributed by atoms with Crippen LogP contribution >= 0.6 is 0 Å². The summed E-state index contributed by atoms with van der Waals surface area (Å²) in [6.45, 7) is 7.78. The summed E-state index contributed by atoms with van der Waals surface area (Å²) in [5, 5.41) is 11.3. The molecule has 1 aliphatic heterocycles. The number of rotatable bonds is 7. The average molecular weight is 393 g/mol. The van der Waals surface area contributed by atoms with E-state index in [1.54, 1.807) is 4.90 Å². The van der Waals surface area contributed by atoms with E-state index >= 15 is 0 Å². The molecular formula is C25H32N2O2. The van der Waals surface area contributed by atoms with E-state index in [0.29, 0.717) is 23.3 Å². The van der Waals surface area contributed by atoms with Crippen LogP contribution in [0.4, 0.5) is 0 Å². The van der Waals surface area contributed by atoms with Crippen LogP contribution in [0.1, 0.15) is 25.0 Å². The van der Waals surface area contributed by atoms with Crippen LogP contribution in [0.5, 0.6) is 0 Å². The Morgan fingerprint density at radius 3 is 2.17 bits per heavy atom. The van der Waals surface area contributed by atoms with Gasteiger partial charge in [0.1, 0.15) is 0 Å². The lowest BCUT2D eigenvalue weighted by atomic mass is 9.82. The number of likely N-dealkylation sites (N-methyl/N-ethyl adjacent to an activating group) is 1. The zero-order valence-electron chi connectivity index (χ0n) is 17.7. The molecule has 0 bridgehead atoms. The highest BCUT2D eigenvalue weighted by atomic mass is 16.3. The minimum absolute atomic E-state index is 0.190. The number of piperidine rings is 1. The van der Waals surface area contributed by atoms with Crippen molar-refractivity contribution < 1.29 is 9.90 Å². The van der Waals surface area contributed by atoms with Crippen LogP contribution in [-0.2, 0) is 16.9 Å². The van der Waals surface area contributed by atoms with Gasteiger partial charge < -0.3 is 10.0 Å². The molecule has 0 radical (unpaired) electrons. The summed E-state index contributed by atoms with van der Waals surface area (Å²) in [4.78, 5) is 17.5. The lowest BCUT2D eigenvalue weighted by Crippen LogP contribution is -2.49. The predicted molar refractivity (Wildman–Crippen MR) is 115 cm³/mol. The third-order valence-electron chi connectivity index (χ3n) is 6.90. The molecule has 0 aromatic heterocycles. The van der Waals surface area contributed by atoms with Crippen LogP contribution in [0.2, 0.25) is 0 Å². The van der Waals surface area contributed by atoms with Crippen molar-refractivity contribution in [2.45, 2.75) is 26.0 Å². The molecule has 1 aliphatic carbocycles. The summed E-state index contributed by atoms with van der Waals surface area (Å²) >= 11 is 0. The second-order valence-corrected chi connectivity index (χ2v) is 9.14. The van der Waals surface area contributed by atoms with Crippen molar-refractivity contribution in [1.29, 1.82) is 0 Å². The van der Waals surface area contributed by atoms with E-state index in [-0.39, 0.29) is 11.8 Å². The van der Waals surface area contributed by atoms with E-state index in [2.05, 4.69) is 35.2 Å². The van der Waals surface area contributed by atoms with Gasteiger partial charge >= 0.3 is 0 Å². The Morgan fingerprint density at radius 2 is 1.62 bits per heavy atom. The van der Waals surface area contributed by atoms with E-state index in [9.17, 15) is 9.90 Å². The fraction of sp³-hybridized carbons (Fsp3) is 0.480. The lowest BCUT2D eigenvalue weighted by molar-refractivity contribution is -0.156. The van der Waals surface area contributed by atoms with E-state index in [0.717, 1.165) is 26.2 Å². The Balaban J connectivity index is 1.35. The number of aliphatic hydroxyl groups is 1. The third-order valence-corrected chi connectivity index (χ3v) is 6.90. The van der Waals surface area contributed by atoms with E-state index < -0.39 is 5.60 Å². The fourth-order valence-electron chi connectivity index (χ4n) is 5.06. The molecule has 0 spiro atoms. The van der Waals surface area contributed by atoms with Crippen molar-refractivity contribution in [2.24, 2.45) is 23.7 Å². The van der Waals surface area contributed by atoms with E-state index in [1.165, 1.54) is 5.56 Å². The van der Waals surface area contributed by atoms with Crippen LogP contribution in [-0.4, -0.2) is 47.5 Å². The molecule has 1 saturated heterocycles. The Morgan fingerprint density at radius 1 is 1.07 bits per heavy atom. The first-order valence-corrected chi connectivity index (χ1v) is 10.7. The van der Waals surface area contributed by atoms with Crippen molar-refractivity contribution in [3.63, 3.8) is 0 Å². The molecule has 29 heavy (non-hydrogen) atoms. The highest BCUT2D eigenvalue weighted by Crippen LogP contribution is 2.52. The molecule has 1 heterocycles. The second-order valence-electron chi connectivity index (χ2n) is 9.14. The van der Waals surface area contributed by atoms with Crippen molar-refractivity contribution in [1.82, 2.24) is 9.80 Å². The first kappa shape index (κ1) is 20.1. The minimum Gasteiger partial charge on any atom is -0.375 e. The summed E-state index contributed by atoms with van der Waals surface area (Å²) in [5.41, 5.74) is 0.568. The summed E-state index contributed by atoms with van der Waals surface area (Å²) in [5.74, 6) is 1.53. The number of carbonyl (C=O) groups excluding carboxylic acids is 1. The number of nitrogens with zero attached hydrogens (tertiary/aromatic N) is 2. The summed E-state index contributed by atoms with van der Waals surface area (Å²) in [6, 6.07) is 20.0. The van der Waals surface area contributed by atoms with Crippen molar-refractivity contribution in [2.75, 3.05) is 26.7 Å². The number of amides is 1. The van der Waals surface area contributed by atoms with Gasteiger partial charge in [-0.25, -0.2) is 0 Å². The maximum atomic E-state index is 13.3. The standard InChI is InChI=1S/C25H32N2O2/c1-18(2)25(29,20-12-8-5-9-13-20)24(28)26(3)15-21-22-16-27(17-23(21)22)14-19-10-6-4-7-11-19/h4-13,18,21-23,29H,14-17H2,1-3H3. The van der Waals surface area contributed by atoms with Crippen molar-refractivity contribution in [3.8, 4) is 0 Å². The first-order valence-electron chi connectivity index (χ1n) is 10.7. The lowest BCUT2D eigenvalue weighted by Gasteiger charge is -2.35. The van der Waals surface area contributed by atoms with Crippen LogP contribution in [0.25, 0.3) is 0 Å². The summed E-state index contributed by atoms with van der Waals surface area (Å²) in [7, 11) is 1.84. The molecule has 1 N–H and O–H groups in total. The fourth-order valence-corrected chi connectivity index (χ4v) is 5.06. The van der Waals surface area contributed by atoms with E-state index in [1.807, 2.05) is 51.2 Å². The zero-order chi connectivity index (χ0) is 20.6. The summed E-state index contributed by atoms with van der Waals surface area (Å²) < 4.78 is 0. The molecule has 2 aliphatic rings. The zero-order valence-corrected chi connectivity index (χ0v) is 17.7. The topological polar surface area (TPSA) is 43.8 Å². The van der Waals surface area contributed by atoms with Crippen molar-refractivity contribution >= 4 is 5.91 Å². The number of benzene rings is 2. The maximum absolute atomic E-state index is 13.3. The Labute approximate surface area is 174 Å². The van der Waals surface area contributed by atoms with Gasteiger partial charge in [0.2, 0.25) is 0 Å². The van der Waals surface area contributed by atoms with Gasteiger partial charge in [-0.15, -0.1) is 0 Å². The normalized spacial score (nSPS) is 25.5. The Bertz CT molecular complexity index is 826. The average Bonchev–Trinajstić information content (AvgIpc) is 3.17. The molecule has 2 aromatic rings. The number of fused-ring (bicyclic) bond motifs is 1. The SMILES string of the molecule is CC(C)C(O)(C(=O)N(C)CC1C2CN(Cc3ccccc3)CC21)c1ccccc1. The number of hydrogen-bond acceptors (Lipinski definition) is 3. The molecule has 3 atom stereocenters. The molecule has 2 fully saturated rings. The van der Waals surface area contributed by atoms with Gasteiger partial charge in [-0.05, 0) is 34.8 Å². The van der Waals surface area contributed by atoms with Gasteiger partial charge in [0, 0.05) is 33.2 Å². The molecule has 3 unspecified atom stereocenters. The molecule has 4 rings (SSSR count). The van der Waals surface area contributed by atoms with Gasteiger partial charge in [-0.3, -0.25) is 9.69 Å². The highest BCUT2D eigenvalue weighted by Gasteiger charge is 2.56. The highest BCUT2D eigenvalue weighted by molar-refractivity contribution is 5.86. The number of carbonyl (C=O) groups is 1. The second kappa shape index (κ2) is 7.92. The van der Waals surface area contributed by atoms with Gasteiger partial charge in [0.25, 0.3) is 5.91 Å². The van der Waals surface area contributed by atoms with Crippen molar-refractivity contribution in [3.05, 3.63) is 71.8 Å². The predicted octanol–water partition coefficient (Wildman–Crippen LogP) is 3.37. The van der Waals surface area contributed by atoms with Crippen LogP contribution in [0.15, 0.2) is 60.7 Å². The van der Waals surface area contributed by atoms with Gasteiger partial charge in [0.05, 0.1) is 0 Å². The molecule has 4 heteroatoms. The smallest absolute Gasteiger partial charge is 0.259 e. The van der Waals surface area contributed by atoms with Gasteiger partial charge in [0.15, 0.2) is 5.60 Å². The quantitative estimate of drug-likeness (QED) is 0.786. The maximum Gasteiger partial charge on any atom is 0.259 e. The number of likely N-dealkylation sites (tertiary alicyclic amines) is 1. The van der Waals surface area contributed by atoms with Crippen LogP contribution < -0.4 is 0 Å². The Kier molecular flexibility index (Phi) is 5.50. The molecule has 1 saturated carbocycles. The molecular weight excluding hydrogens is 360 g/mol. The number of hydrogen-bond donors (Lipinski definition) is 1. The summed E-state index contributed by atoms with van der Waals surface area (Å²) in [6.07, 6.45) is 0. The molecule has 2 aromatic carbocycles. The molecule has 1 amide bonds. The minimum atomic E-state index is -1.47. The molecule has 154 valence electrons. The largest absolute Gasteiger partial charge is 0.375 e. The Hall–Kier alpha value is -2.17. The van der Waals surface area contributed by atoms with Gasteiger partial charge in [-0.2, -0.15) is 0 Å². The van der Waals surface area contributed by atoms with Gasteiger partial charge in [-0.1, -0.05) is 74.5 Å².